The zero-order chi connectivity index (χ0) is 19.5. The molecule has 0 radical (unpaired) electrons. The lowest BCUT2D eigenvalue weighted by atomic mass is 9.82. The van der Waals surface area contributed by atoms with E-state index in [1.165, 1.54) is 35.6 Å². The summed E-state index contributed by atoms with van der Waals surface area (Å²) in [5.74, 6) is -2.77. The Morgan fingerprint density at radius 1 is 1.12 bits per heavy atom. The third-order valence-corrected chi connectivity index (χ3v) is 6.66. The molecule has 2 rings (SSSR count). The van der Waals surface area contributed by atoms with Crippen molar-refractivity contribution < 1.29 is 23.1 Å². The largest absolute Gasteiger partial charge is 0.481 e. The van der Waals surface area contributed by atoms with Gasteiger partial charge in [0, 0.05) is 18.8 Å². The number of benzene rings is 1. The molecule has 2 atom stereocenters. The zero-order valence-corrected chi connectivity index (χ0v) is 15.9. The highest BCUT2D eigenvalue weighted by Gasteiger charge is 2.34. The normalized spacial score (nSPS) is 20.3. The Morgan fingerprint density at radius 3 is 2.15 bits per heavy atom. The lowest BCUT2D eigenvalue weighted by molar-refractivity contribution is -0.146. The molecule has 1 amide bonds. The number of sulfonamides is 1. The van der Waals surface area contributed by atoms with Crippen molar-refractivity contribution in [2.45, 2.75) is 37.6 Å². The summed E-state index contributed by atoms with van der Waals surface area (Å²) in [5.41, 5.74) is 0.430. The van der Waals surface area contributed by atoms with E-state index in [9.17, 15) is 23.1 Å². The summed E-state index contributed by atoms with van der Waals surface area (Å²) in [6.07, 6.45) is 4.27. The van der Waals surface area contributed by atoms with Gasteiger partial charge in [0.25, 0.3) is 0 Å². The van der Waals surface area contributed by atoms with Crippen molar-refractivity contribution in [2.24, 2.45) is 11.8 Å². The zero-order valence-electron chi connectivity index (χ0n) is 15.0. The fraction of sp³-hybridized carbons (Fsp3) is 0.444. The van der Waals surface area contributed by atoms with Crippen LogP contribution in [-0.2, 0) is 19.6 Å². The summed E-state index contributed by atoms with van der Waals surface area (Å²) >= 11 is 0. The van der Waals surface area contributed by atoms with E-state index in [1.807, 2.05) is 0 Å². The predicted octanol–water partition coefficient (Wildman–Crippen LogP) is 2.32. The molecule has 0 aliphatic heterocycles. The number of carboxylic acid groups (broad SMARTS) is 1. The van der Waals surface area contributed by atoms with Crippen LogP contribution in [-0.4, -0.2) is 42.8 Å². The number of nitrogens with zero attached hydrogens (tertiary/aromatic N) is 1. The van der Waals surface area contributed by atoms with E-state index in [1.54, 1.807) is 26.0 Å². The number of carbonyl (C=O) groups excluding carboxylic acids is 1. The molecule has 1 aromatic rings. The molecule has 8 heteroatoms. The average molecular weight is 380 g/mol. The minimum absolute atomic E-state index is 0.135. The van der Waals surface area contributed by atoms with Crippen molar-refractivity contribution in [1.29, 1.82) is 0 Å². The van der Waals surface area contributed by atoms with E-state index in [4.69, 9.17) is 0 Å². The highest BCUT2D eigenvalue weighted by atomic mass is 32.2. The predicted molar refractivity (Wildman–Crippen MR) is 98.1 cm³/mol. The highest BCUT2D eigenvalue weighted by Crippen LogP contribution is 2.27. The van der Waals surface area contributed by atoms with Crippen LogP contribution in [0.4, 0.5) is 5.69 Å². The van der Waals surface area contributed by atoms with Crippen LogP contribution in [0.3, 0.4) is 0 Å². The first-order valence-corrected chi connectivity index (χ1v) is 9.85. The lowest BCUT2D eigenvalue weighted by Gasteiger charge is -2.24. The SMILES string of the molecule is CC(C)N(C)S(=O)(=O)c1ccc(NC(=O)[C@@H]2CC=CC[C@H]2C(=O)O)cc1. The van der Waals surface area contributed by atoms with Crippen molar-refractivity contribution in [2.75, 3.05) is 12.4 Å². The van der Waals surface area contributed by atoms with Gasteiger partial charge in [-0.3, -0.25) is 9.59 Å². The minimum atomic E-state index is -3.59. The van der Waals surface area contributed by atoms with Crippen molar-refractivity contribution in [1.82, 2.24) is 4.31 Å². The van der Waals surface area contributed by atoms with Gasteiger partial charge in [-0.1, -0.05) is 12.2 Å². The monoisotopic (exact) mass is 380 g/mol. The van der Waals surface area contributed by atoms with E-state index >= 15 is 0 Å². The van der Waals surface area contributed by atoms with E-state index in [0.29, 0.717) is 18.5 Å². The Balaban J connectivity index is 2.13. The quantitative estimate of drug-likeness (QED) is 0.737. The summed E-state index contributed by atoms with van der Waals surface area (Å²) in [5, 5.41) is 11.9. The standard InChI is InChI=1S/C18H24N2O5S/c1-12(2)20(3)26(24,25)14-10-8-13(9-11-14)19-17(21)15-6-4-5-7-16(15)18(22)23/h4-5,8-12,15-16H,6-7H2,1-3H3,(H,19,21)(H,22,23)/t15-,16-/m1/s1. The molecule has 0 spiro atoms. The third kappa shape index (κ3) is 4.31. The molecular formula is C18H24N2O5S. The molecule has 1 aliphatic rings. The van der Waals surface area contributed by atoms with Crippen LogP contribution in [0.2, 0.25) is 0 Å². The van der Waals surface area contributed by atoms with Gasteiger partial charge < -0.3 is 10.4 Å². The number of allylic oxidation sites excluding steroid dienone is 2. The molecule has 7 nitrogen and oxygen atoms in total. The fourth-order valence-corrected chi connectivity index (χ4v) is 4.13. The molecule has 0 unspecified atom stereocenters. The maximum absolute atomic E-state index is 12.4. The Morgan fingerprint density at radius 2 is 1.65 bits per heavy atom. The summed E-state index contributed by atoms with van der Waals surface area (Å²) < 4.78 is 26.1. The molecule has 0 saturated carbocycles. The van der Waals surface area contributed by atoms with Gasteiger partial charge in [0.05, 0.1) is 16.7 Å². The average Bonchev–Trinajstić information content (AvgIpc) is 2.61. The second kappa shape index (κ2) is 8.01. The van der Waals surface area contributed by atoms with Gasteiger partial charge >= 0.3 is 5.97 Å². The van der Waals surface area contributed by atoms with E-state index in [2.05, 4.69) is 5.32 Å². The molecule has 0 saturated heterocycles. The smallest absolute Gasteiger partial charge is 0.307 e. The summed E-state index contributed by atoms with van der Waals surface area (Å²) in [7, 11) is -2.08. The third-order valence-electron chi connectivity index (χ3n) is 4.61. The van der Waals surface area contributed by atoms with Crippen molar-refractivity contribution in [3.8, 4) is 0 Å². The van der Waals surface area contributed by atoms with Crippen molar-refractivity contribution >= 4 is 27.6 Å². The number of rotatable bonds is 6. The van der Waals surface area contributed by atoms with Crippen LogP contribution in [0.5, 0.6) is 0 Å². The molecule has 0 bridgehead atoms. The number of anilines is 1. The van der Waals surface area contributed by atoms with Crippen LogP contribution >= 0.6 is 0 Å². The molecule has 0 fully saturated rings. The van der Waals surface area contributed by atoms with Gasteiger partial charge in [0.15, 0.2) is 0 Å². The Labute approximate surface area is 153 Å². The minimum Gasteiger partial charge on any atom is -0.481 e. The number of carbonyl (C=O) groups is 2. The maximum Gasteiger partial charge on any atom is 0.307 e. The Bertz CT molecular complexity index is 799. The van der Waals surface area contributed by atoms with Gasteiger partial charge in [-0.15, -0.1) is 0 Å². The van der Waals surface area contributed by atoms with Crippen LogP contribution in [0.25, 0.3) is 0 Å². The molecule has 0 heterocycles. The van der Waals surface area contributed by atoms with Gasteiger partial charge in [0.2, 0.25) is 15.9 Å². The van der Waals surface area contributed by atoms with Crippen molar-refractivity contribution in [3.05, 3.63) is 36.4 Å². The summed E-state index contributed by atoms with van der Waals surface area (Å²) in [6, 6.07) is 5.70. The summed E-state index contributed by atoms with van der Waals surface area (Å²) in [4.78, 5) is 23.9. The molecule has 1 aromatic carbocycles. The van der Waals surface area contributed by atoms with Crippen LogP contribution in [0.15, 0.2) is 41.3 Å². The fourth-order valence-electron chi connectivity index (χ4n) is 2.77. The molecule has 142 valence electrons. The second-order valence-electron chi connectivity index (χ2n) is 6.62. The van der Waals surface area contributed by atoms with Crippen molar-refractivity contribution in [3.63, 3.8) is 0 Å². The number of amides is 1. The van der Waals surface area contributed by atoms with E-state index in [-0.39, 0.29) is 16.8 Å². The molecule has 2 N–H and O–H groups in total. The second-order valence-corrected chi connectivity index (χ2v) is 8.62. The van der Waals surface area contributed by atoms with E-state index < -0.39 is 27.8 Å². The maximum atomic E-state index is 12.4. The van der Waals surface area contributed by atoms with Gasteiger partial charge in [0.1, 0.15) is 0 Å². The number of hydrogen-bond donors (Lipinski definition) is 2. The number of aliphatic carboxylic acids is 1. The van der Waals surface area contributed by atoms with Gasteiger partial charge in [-0.2, -0.15) is 4.31 Å². The molecule has 26 heavy (non-hydrogen) atoms. The Kier molecular flexibility index (Phi) is 6.20. The first kappa shape index (κ1) is 20.1. The van der Waals surface area contributed by atoms with E-state index in [0.717, 1.165) is 0 Å². The van der Waals surface area contributed by atoms with Gasteiger partial charge in [-0.25, -0.2) is 8.42 Å². The number of carboxylic acids is 1. The van der Waals surface area contributed by atoms with Crippen LogP contribution < -0.4 is 5.32 Å². The molecule has 0 aromatic heterocycles. The highest BCUT2D eigenvalue weighted by molar-refractivity contribution is 7.89. The molecular weight excluding hydrogens is 356 g/mol. The molecule has 1 aliphatic carbocycles. The number of hydrogen-bond acceptors (Lipinski definition) is 4. The topological polar surface area (TPSA) is 104 Å². The van der Waals surface area contributed by atoms with Crippen LogP contribution in [0.1, 0.15) is 26.7 Å². The van der Waals surface area contributed by atoms with Crippen LogP contribution in [0, 0.1) is 11.8 Å². The lowest BCUT2D eigenvalue weighted by Crippen LogP contribution is -2.34. The summed E-state index contributed by atoms with van der Waals surface area (Å²) in [6.45, 7) is 3.56. The van der Waals surface area contributed by atoms with Gasteiger partial charge in [-0.05, 0) is 51.0 Å². The first-order chi connectivity index (χ1) is 12.1. The Hall–Kier alpha value is -2.19. The first-order valence-electron chi connectivity index (χ1n) is 8.41. The number of nitrogens with one attached hydrogen (secondary N) is 1.